The van der Waals surface area contributed by atoms with Crippen molar-refractivity contribution < 1.29 is 9.47 Å². The summed E-state index contributed by atoms with van der Waals surface area (Å²) in [5.74, 6) is 1.29. The van der Waals surface area contributed by atoms with E-state index in [4.69, 9.17) is 26.7 Å². The van der Waals surface area contributed by atoms with E-state index in [-0.39, 0.29) is 0 Å². The van der Waals surface area contributed by atoms with Gasteiger partial charge in [0.15, 0.2) is 0 Å². The predicted molar refractivity (Wildman–Crippen MR) is 90.9 cm³/mol. The molecule has 0 atom stereocenters. The molecule has 0 fully saturated rings. The third-order valence-electron chi connectivity index (χ3n) is 3.40. The summed E-state index contributed by atoms with van der Waals surface area (Å²) in [7, 11) is 3.18. The molecular weight excluding hydrogens is 280 g/mol. The third-order valence-corrected chi connectivity index (χ3v) is 3.40. The maximum Gasteiger partial charge on any atom is 0.141 e. The molecule has 0 amide bonds. The summed E-state index contributed by atoms with van der Waals surface area (Å²) in [6.07, 6.45) is 0. The van der Waals surface area contributed by atoms with E-state index in [1.165, 1.54) is 0 Å². The summed E-state index contributed by atoms with van der Waals surface area (Å²) in [5, 5.41) is 0. The van der Waals surface area contributed by atoms with E-state index < -0.39 is 0 Å². The largest absolute Gasteiger partial charge is 0.495 e. The lowest BCUT2D eigenvalue weighted by Crippen LogP contribution is -2.25. The molecule has 0 aliphatic carbocycles. The lowest BCUT2D eigenvalue weighted by molar-refractivity contribution is 0.417. The smallest absolute Gasteiger partial charge is 0.141 e. The van der Waals surface area contributed by atoms with E-state index in [0.717, 1.165) is 11.4 Å². The second-order valence-electron chi connectivity index (χ2n) is 4.79. The highest BCUT2D eigenvalue weighted by molar-refractivity contribution is 5.73. The molecule has 0 radical (unpaired) electrons. The van der Waals surface area contributed by atoms with Crippen LogP contribution in [0.4, 0.5) is 22.7 Å². The Hall–Kier alpha value is -2.60. The van der Waals surface area contributed by atoms with Gasteiger partial charge in [-0.05, 0) is 36.4 Å². The predicted octanol–water partition coefficient (Wildman–Crippen LogP) is 1.97. The molecule has 0 saturated heterocycles. The van der Waals surface area contributed by atoms with Crippen LogP contribution in [0.5, 0.6) is 11.5 Å². The highest BCUT2D eigenvalue weighted by atomic mass is 16.5. The Morgan fingerprint density at radius 1 is 0.864 bits per heavy atom. The number of rotatable bonds is 6. The highest BCUT2D eigenvalue weighted by Crippen LogP contribution is 2.34. The van der Waals surface area contributed by atoms with Crippen LogP contribution < -0.4 is 31.6 Å². The van der Waals surface area contributed by atoms with E-state index in [0.29, 0.717) is 36.0 Å². The molecule has 0 bridgehead atoms. The number of hydrogen-bond acceptors (Lipinski definition) is 6. The number of methoxy groups -OCH3 is 2. The topological polar surface area (TPSA) is 99.8 Å². The average molecular weight is 302 g/mol. The Morgan fingerprint density at radius 2 is 1.32 bits per heavy atom. The molecule has 6 heteroatoms. The number of nitrogens with two attached hydrogens (primary N) is 3. The van der Waals surface area contributed by atoms with Crippen molar-refractivity contribution in [3.8, 4) is 11.5 Å². The second kappa shape index (κ2) is 6.91. The van der Waals surface area contributed by atoms with Gasteiger partial charge in [0.25, 0.3) is 0 Å². The van der Waals surface area contributed by atoms with Gasteiger partial charge in [-0.1, -0.05) is 0 Å². The van der Waals surface area contributed by atoms with Crippen molar-refractivity contribution in [1.82, 2.24) is 0 Å². The normalized spacial score (nSPS) is 10.3. The van der Waals surface area contributed by atoms with Crippen molar-refractivity contribution in [3.05, 3.63) is 36.4 Å². The minimum absolute atomic E-state index is 0.498. The molecule has 0 unspecified atom stereocenters. The average Bonchev–Trinajstić information content (AvgIpc) is 2.52. The summed E-state index contributed by atoms with van der Waals surface area (Å²) < 4.78 is 10.4. The van der Waals surface area contributed by atoms with Crippen LogP contribution in [0.1, 0.15) is 0 Å². The molecule has 0 aromatic heterocycles. The van der Waals surface area contributed by atoms with Gasteiger partial charge in [0.2, 0.25) is 0 Å². The first kappa shape index (κ1) is 15.8. The summed E-state index contributed by atoms with van der Waals surface area (Å²) >= 11 is 0. The lowest BCUT2D eigenvalue weighted by atomic mass is 10.2. The summed E-state index contributed by atoms with van der Waals surface area (Å²) in [4.78, 5) is 2.05. The molecule has 22 heavy (non-hydrogen) atoms. The van der Waals surface area contributed by atoms with Gasteiger partial charge in [-0.25, -0.2) is 0 Å². The van der Waals surface area contributed by atoms with E-state index in [1.807, 2.05) is 41.3 Å². The molecule has 6 N–H and O–H groups in total. The molecule has 0 aliphatic rings. The van der Waals surface area contributed by atoms with Crippen molar-refractivity contribution in [2.45, 2.75) is 0 Å². The lowest BCUT2D eigenvalue weighted by Gasteiger charge is -2.25. The first-order valence-electron chi connectivity index (χ1n) is 6.95. The van der Waals surface area contributed by atoms with Crippen LogP contribution in [0.2, 0.25) is 0 Å². The minimum atomic E-state index is 0.498. The first-order chi connectivity index (χ1) is 10.6. The van der Waals surface area contributed by atoms with Crippen molar-refractivity contribution in [2.24, 2.45) is 5.73 Å². The Labute approximate surface area is 130 Å². The maximum absolute atomic E-state index is 5.99. The van der Waals surface area contributed by atoms with Crippen LogP contribution in [-0.4, -0.2) is 27.3 Å². The van der Waals surface area contributed by atoms with Gasteiger partial charge in [0.05, 0.1) is 25.6 Å². The van der Waals surface area contributed by atoms with Gasteiger partial charge in [-0.15, -0.1) is 0 Å². The molecule has 0 spiro atoms. The number of nitrogen functional groups attached to an aromatic ring is 2. The summed E-state index contributed by atoms with van der Waals surface area (Å²) in [5.41, 5.74) is 20.7. The number of nitrogens with zero attached hydrogens (tertiary/aromatic N) is 1. The fourth-order valence-corrected chi connectivity index (χ4v) is 2.32. The fraction of sp³-hybridized carbons (Fsp3) is 0.250. The van der Waals surface area contributed by atoms with E-state index in [9.17, 15) is 0 Å². The van der Waals surface area contributed by atoms with E-state index in [1.54, 1.807) is 14.2 Å². The zero-order valence-corrected chi connectivity index (χ0v) is 12.9. The quantitative estimate of drug-likeness (QED) is 0.705. The van der Waals surface area contributed by atoms with Crippen molar-refractivity contribution >= 4 is 22.7 Å². The van der Waals surface area contributed by atoms with Gasteiger partial charge in [-0.2, -0.15) is 0 Å². The number of anilines is 4. The Balaban J connectivity index is 2.41. The zero-order chi connectivity index (χ0) is 16.1. The molecule has 2 aromatic carbocycles. The SMILES string of the molecule is COc1ccc(N(CCN)c2ccc(OC)c(N)c2)cc1N. The summed E-state index contributed by atoms with van der Waals surface area (Å²) in [6, 6.07) is 11.3. The molecule has 2 rings (SSSR count). The fourth-order valence-electron chi connectivity index (χ4n) is 2.32. The molecule has 0 aliphatic heterocycles. The monoisotopic (exact) mass is 302 g/mol. The van der Waals surface area contributed by atoms with Crippen LogP contribution in [0, 0.1) is 0 Å². The Kier molecular flexibility index (Phi) is 4.95. The molecule has 0 saturated carbocycles. The van der Waals surface area contributed by atoms with Crippen molar-refractivity contribution in [3.63, 3.8) is 0 Å². The standard InChI is InChI=1S/C16H22N4O2/c1-21-15-5-3-11(9-13(15)18)20(8-7-17)12-4-6-16(22-2)14(19)10-12/h3-6,9-10H,7-8,17-19H2,1-2H3. The Bertz CT molecular complexity index is 593. The second-order valence-corrected chi connectivity index (χ2v) is 4.79. The molecule has 6 nitrogen and oxygen atoms in total. The van der Waals surface area contributed by atoms with Crippen LogP contribution in [0.3, 0.4) is 0 Å². The van der Waals surface area contributed by atoms with Crippen LogP contribution >= 0.6 is 0 Å². The van der Waals surface area contributed by atoms with Crippen LogP contribution in [-0.2, 0) is 0 Å². The molecule has 0 heterocycles. The van der Waals surface area contributed by atoms with Gasteiger partial charge >= 0.3 is 0 Å². The third kappa shape index (κ3) is 3.17. The van der Waals surface area contributed by atoms with Crippen molar-refractivity contribution in [2.75, 3.05) is 43.7 Å². The van der Waals surface area contributed by atoms with Gasteiger partial charge in [0.1, 0.15) is 11.5 Å². The molecule has 2 aromatic rings. The van der Waals surface area contributed by atoms with Crippen LogP contribution in [0.25, 0.3) is 0 Å². The number of ether oxygens (including phenoxy) is 2. The van der Waals surface area contributed by atoms with Gasteiger partial charge in [0, 0.05) is 24.5 Å². The first-order valence-corrected chi connectivity index (χ1v) is 6.95. The molecule has 118 valence electrons. The molecular formula is C16H22N4O2. The summed E-state index contributed by atoms with van der Waals surface area (Å²) in [6.45, 7) is 1.13. The Morgan fingerprint density at radius 3 is 1.64 bits per heavy atom. The van der Waals surface area contributed by atoms with Crippen LogP contribution in [0.15, 0.2) is 36.4 Å². The van der Waals surface area contributed by atoms with E-state index in [2.05, 4.69) is 0 Å². The van der Waals surface area contributed by atoms with Crippen molar-refractivity contribution in [1.29, 1.82) is 0 Å². The van der Waals surface area contributed by atoms with Gasteiger partial charge in [-0.3, -0.25) is 0 Å². The highest BCUT2D eigenvalue weighted by Gasteiger charge is 2.12. The number of benzene rings is 2. The zero-order valence-electron chi connectivity index (χ0n) is 12.9. The number of hydrogen-bond donors (Lipinski definition) is 3. The van der Waals surface area contributed by atoms with E-state index >= 15 is 0 Å². The maximum atomic E-state index is 5.99. The minimum Gasteiger partial charge on any atom is -0.495 e. The van der Waals surface area contributed by atoms with Gasteiger partial charge < -0.3 is 31.6 Å².